The van der Waals surface area contributed by atoms with E-state index in [1.54, 1.807) is 18.8 Å². The number of hydrogen-bond acceptors (Lipinski definition) is 7. The molecule has 0 atom stereocenters. The second-order valence-corrected chi connectivity index (χ2v) is 9.76. The molecule has 186 valence electrons. The third-order valence-corrected chi connectivity index (χ3v) is 6.71. The molecule has 0 bridgehead atoms. The van der Waals surface area contributed by atoms with Crippen LogP contribution in [0.2, 0.25) is 0 Å². The van der Waals surface area contributed by atoms with E-state index in [0.29, 0.717) is 66.7 Å². The number of benzene rings is 1. The molecule has 1 aromatic carbocycles. The summed E-state index contributed by atoms with van der Waals surface area (Å²) in [4.78, 5) is 25.3. The molecule has 0 aliphatic heterocycles. The molecule has 1 amide bonds. The second-order valence-electron chi connectivity index (χ2n) is 8.84. The number of fused-ring (bicyclic) bond motifs is 3. The van der Waals surface area contributed by atoms with E-state index in [-0.39, 0.29) is 11.5 Å². The minimum Gasteiger partial charge on any atom is -0.493 e. The lowest BCUT2D eigenvalue weighted by Crippen LogP contribution is -2.25. The lowest BCUT2D eigenvalue weighted by Gasteiger charge is -2.11. The predicted octanol–water partition coefficient (Wildman–Crippen LogP) is 3.46. The maximum atomic E-state index is 12.9. The molecule has 10 heteroatoms. The first-order valence-corrected chi connectivity index (χ1v) is 12.6. The summed E-state index contributed by atoms with van der Waals surface area (Å²) >= 11 is 1.43. The van der Waals surface area contributed by atoms with E-state index in [2.05, 4.69) is 29.4 Å². The zero-order chi connectivity index (χ0) is 24.9. The minimum atomic E-state index is -0.0241. The molecule has 0 unspecified atom stereocenters. The Morgan fingerprint density at radius 3 is 2.66 bits per heavy atom. The number of ether oxygens (including phenoxy) is 2. The Bertz CT molecular complexity index is 1390. The Morgan fingerprint density at radius 1 is 1.11 bits per heavy atom. The number of rotatable bonds is 11. The van der Waals surface area contributed by atoms with E-state index in [9.17, 15) is 9.59 Å². The molecule has 0 radical (unpaired) electrons. The van der Waals surface area contributed by atoms with Crippen molar-refractivity contribution in [1.82, 2.24) is 24.5 Å². The van der Waals surface area contributed by atoms with Crippen LogP contribution < -0.4 is 20.3 Å². The van der Waals surface area contributed by atoms with Gasteiger partial charge in [-0.15, -0.1) is 21.5 Å². The Hall–Kier alpha value is -3.40. The number of nitrogens with zero attached hydrogens (tertiary/aromatic N) is 4. The maximum absolute atomic E-state index is 12.9. The summed E-state index contributed by atoms with van der Waals surface area (Å²) in [6, 6.07) is 7.69. The van der Waals surface area contributed by atoms with Crippen molar-refractivity contribution in [3.8, 4) is 11.5 Å². The largest absolute Gasteiger partial charge is 0.493 e. The number of methoxy groups -OCH3 is 2. The van der Waals surface area contributed by atoms with Crippen LogP contribution in [-0.2, 0) is 24.2 Å². The Labute approximate surface area is 207 Å². The van der Waals surface area contributed by atoms with Gasteiger partial charge in [0.1, 0.15) is 10.5 Å². The van der Waals surface area contributed by atoms with Crippen molar-refractivity contribution in [3.05, 3.63) is 51.4 Å². The minimum absolute atomic E-state index is 0.00306. The van der Waals surface area contributed by atoms with Gasteiger partial charge >= 0.3 is 0 Å². The number of hydrogen-bond donors (Lipinski definition) is 1. The van der Waals surface area contributed by atoms with Crippen LogP contribution in [0, 0.1) is 5.92 Å². The lowest BCUT2D eigenvalue weighted by atomic mass is 10.1. The van der Waals surface area contributed by atoms with Crippen molar-refractivity contribution in [2.24, 2.45) is 5.92 Å². The normalized spacial score (nSPS) is 11.5. The van der Waals surface area contributed by atoms with Crippen molar-refractivity contribution in [2.45, 2.75) is 46.1 Å². The van der Waals surface area contributed by atoms with Crippen LogP contribution in [-0.4, -0.2) is 45.8 Å². The quantitative estimate of drug-likeness (QED) is 0.341. The molecule has 3 heterocycles. The number of aryl methyl sites for hydroxylation is 1. The fraction of sp³-hybridized carbons (Fsp3) is 0.440. The third kappa shape index (κ3) is 5.32. The molecule has 0 spiro atoms. The van der Waals surface area contributed by atoms with E-state index < -0.39 is 0 Å². The van der Waals surface area contributed by atoms with Crippen molar-refractivity contribution in [1.29, 1.82) is 0 Å². The molecule has 9 nitrogen and oxygen atoms in total. The molecule has 35 heavy (non-hydrogen) atoms. The summed E-state index contributed by atoms with van der Waals surface area (Å²) in [5.41, 5.74) is 1.86. The van der Waals surface area contributed by atoms with Crippen molar-refractivity contribution < 1.29 is 14.3 Å². The molecule has 0 aliphatic carbocycles. The summed E-state index contributed by atoms with van der Waals surface area (Å²) in [5.74, 6) is 2.98. The molecular formula is C25H31N5O4S. The van der Waals surface area contributed by atoms with Gasteiger partial charge in [-0.1, -0.05) is 19.9 Å². The van der Waals surface area contributed by atoms with Gasteiger partial charge in [0.25, 0.3) is 5.56 Å². The van der Waals surface area contributed by atoms with Crippen molar-refractivity contribution in [3.63, 3.8) is 0 Å². The maximum Gasteiger partial charge on any atom is 0.272 e. The molecule has 3 aromatic heterocycles. The molecule has 0 saturated heterocycles. The van der Waals surface area contributed by atoms with Gasteiger partial charge in [0.05, 0.1) is 19.7 Å². The zero-order valence-corrected chi connectivity index (χ0v) is 21.4. The van der Waals surface area contributed by atoms with Crippen LogP contribution in [0.4, 0.5) is 0 Å². The number of amides is 1. The van der Waals surface area contributed by atoms with Gasteiger partial charge in [-0.3, -0.25) is 18.6 Å². The number of nitrogens with one attached hydrogen (secondary N) is 1. The second kappa shape index (κ2) is 10.9. The Kier molecular flexibility index (Phi) is 7.70. The average molecular weight is 498 g/mol. The first-order valence-electron chi connectivity index (χ1n) is 11.7. The molecule has 4 aromatic rings. The summed E-state index contributed by atoms with van der Waals surface area (Å²) in [7, 11) is 3.21. The summed E-state index contributed by atoms with van der Waals surface area (Å²) in [6.45, 7) is 5.27. The third-order valence-electron chi connectivity index (χ3n) is 5.81. The molecular weight excluding hydrogens is 466 g/mol. The van der Waals surface area contributed by atoms with Crippen LogP contribution in [0.1, 0.15) is 38.1 Å². The van der Waals surface area contributed by atoms with Gasteiger partial charge in [0.15, 0.2) is 11.5 Å². The van der Waals surface area contributed by atoms with Gasteiger partial charge < -0.3 is 14.8 Å². The van der Waals surface area contributed by atoms with Gasteiger partial charge in [-0.25, -0.2) is 0 Å². The highest BCUT2D eigenvalue weighted by Crippen LogP contribution is 2.27. The first kappa shape index (κ1) is 24.7. The standard InChI is InChI=1S/C25H31N5O4S/c1-16(2)15-29-24(32)23-18(11-13-35-23)30-21(27-28-25(29)30)6-5-7-22(31)26-12-10-17-8-9-19(33-3)20(14-17)34-4/h8-9,11,13-14,16H,5-7,10,12,15H2,1-4H3,(H,26,31). The monoisotopic (exact) mass is 497 g/mol. The van der Waals surface area contributed by atoms with E-state index in [0.717, 1.165) is 16.9 Å². The fourth-order valence-corrected chi connectivity index (χ4v) is 4.97. The first-order chi connectivity index (χ1) is 16.9. The summed E-state index contributed by atoms with van der Waals surface area (Å²) in [6.07, 6.45) is 2.32. The Balaban J connectivity index is 1.37. The van der Waals surface area contributed by atoms with Crippen molar-refractivity contribution in [2.75, 3.05) is 20.8 Å². The molecule has 0 saturated carbocycles. The predicted molar refractivity (Wildman–Crippen MR) is 137 cm³/mol. The smallest absolute Gasteiger partial charge is 0.272 e. The van der Waals surface area contributed by atoms with Gasteiger partial charge in [0, 0.05) is 25.9 Å². The van der Waals surface area contributed by atoms with Gasteiger partial charge in [-0.05, 0) is 47.9 Å². The molecule has 1 N–H and O–H groups in total. The Morgan fingerprint density at radius 2 is 1.91 bits per heavy atom. The number of aromatic nitrogens is 4. The van der Waals surface area contributed by atoms with E-state index >= 15 is 0 Å². The van der Waals surface area contributed by atoms with Gasteiger partial charge in [0.2, 0.25) is 11.7 Å². The van der Waals surface area contributed by atoms with Crippen LogP contribution in [0.5, 0.6) is 11.5 Å². The number of carbonyl (C=O) groups is 1. The highest BCUT2D eigenvalue weighted by atomic mass is 32.1. The van der Waals surface area contributed by atoms with E-state index in [4.69, 9.17) is 9.47 Å². The van der Waals surface area contributed by atoms with Crippen LogP contribution >= 0.6 is 11.3 Å². The number of carbonyl (C=O) groups excluding carboxylic acids is 1. The van der Waals surface area contributed by atoms with Gasteiger partial charge in [-0.2, -0.15) is 0 Å². The van der Waals surface area contributed by atoms with E-state index in [1.807, 2.05) is 34.0 Å². The highest BCUT2D eigenvalue weighted by Gasteiger charge is 2.18. The zero-order valence-electron chi connectivity index (χ0n) is 20.5. The topological polar surface area (TPSA) is 99.7 Å². The lowest BCUT2D eigenvalue weighted by molar-refractivity contribution is -0.121. The van der Waals surface area contributed by atoms with Crippen LogP contribution in [0.15, 0.2) is 34.4 Å². The van der Waals surface area contributed by atoms with Crippen LogP contribution in [0.3, 0.4) is 0 Å². The fourth-order valence-electron chi connectivity index (χ4n) is 4.15. The summed E-state index contributed by atoms with van der Waals surface area (Å²) in [5, 5.41) is 13.6. The van der Waals surface area contributed by atoms with Crippen molar-refractivity contribution >= 4 is 33.2 Å². The molecule has 0 fully saturated rings. The molecule has 4 rings (SSSR count). The highest BCUT2D eigenvalue weighted by molar-refractivity contribution is 7.17. The average Bonchev–Trinajstić information content (AvgIpc) is 3.49. The summed E-state index contributed by atoms with van der Waals surface area (Å²) < 4.78 is 15.0. The van der Waals surface area contributed by atoms with Crippen LogP contribution in [0.25, 0.3) is 16.0 Å². The number of thiophene rings is 1. The molecule has 0 aliphatic rings. The van der Waals surface area contributed by atoms with E-state index in [1.165, 1.54) is 11.3 Å². The SMILES string of the molecule is COc1ccc(CCNC(=O)CCCc2nnc3n(CC(C)C)c(=O)c4sccc4n23)cc1OC.